The summed E-state index contributed by atoms with van der Waals surface area (Å²) in [4.78, 5) is 0. The quantitative estimate of drug-likeness (QED) is 0.645. The molecular formula is C21H28. The van der Waals surface area contributed by atoms with Crippen LogP contribution in [0.3, 0.4) is 0 Å². The summed E-state index contributed by atoms with van der Waals surface area (Å²) in [6.07, 6.45) is 1.01. The molecule has 0 amide bonds. The second-order valence-corrected chi connectivity index (χ2v) is 8.07. The van der Waals surface area contributed by atoms with Crippen molar-refractivity contribution < 1.29 is 0 Å². The van der Waals surface area contributed by atoms with Crippen LogP contribution in [0.1, 0.15) is 63.8 Å². The summed E-state index contributed by atoms with van der Waals surface area (Å²) < 4.78 is 0. The van der Waals surface area contributed by atoms with Crippen molar-refractivity contribution >= 4 is 0 Å². The van der Waals surface area contributed by atoms with Crippen LogP contribution < -0.4 is 0 Å². The predicted octanol–water partition coefficient (Wildman–Crippen LogP) is 5.87. The molecule has 112 valence electrons. The van der Waals surface area contributed by atoms with E-state index < -0.39 is 0 Å². The third-order valence-electron chi connectivity index (χ3n) is 4.02. The van der Waals surface area contributed by atoms with Gasteiger partial charge in [-0.1, -0.05) is 90.1 Å². The largest absolute Gasteiger partial charge is 0.0617 e. The van der Waals surface area contributed by atoms with Crippen molar-refractivity contribution in [3.63, 3.8) is 0 Å². The molecule has 0 nitrogen and oxygen atoms in total. The second-order valence-electron chi connectivity index (χ2n) is 8.07. The Hall–Kier alpha value is -1.56. The smallest absolute Gasteiger partial charge is 0.00257 e. The van der Waals surface area contributed by atoms with Gasteiger partial charge in [-0.25, -0.2) is 0 Å². The van der Waals surface area contributed by atoms with Gasteiger partial charge in [0.1, 0.15) is 0 Å². The van der Waals surface area contributed by atoms with Gasteiger partial charge in [0.15, 0.2) is 0 Å². The van der Waals surface area contributed by atoms with Crippen LogP contribution in [-0.4, -0.2) is 0 Å². The van der Waals surface area contributed by atoms with E-state index in [0.717, 1.165) is 6.42 Å². The van der Waals surface area contributed by atoms with Crippen molar-refractivity contribution in [2.75, 3.05) is 0 Å². The van der Waals surface area contributed by atoms with Crippen molar-refractivity contribution in [3.8, 4) is 0 Å². The van der Waals surface area contributed by atoms with Gasteiger partial charge >= 0.3 is 0 Å². The Kier molecular flexibility index (Phi) is 4.27. The summed E-state index contributed by atoms with van der Waals surface area (Å²) in [5.41, 5.74) is 6.03. The molecule has 0 aromatic heterocycles. The molecule has 0 heteroatoms. The number of benzene rings is 2. The summed E-state index contributed by atoms with van der Waals surface area (Å²) >= 11 is 0. The minimum absolute atomic E-state index is 0.214. The summed E-state index contributed by atoms with van der Waals surface area (Å²) in [5.74, 6) is 0. The van der Waals surface area contributed by atoms with Gasteiger partial charge in [0.2, 0.25) is 0 Å². The molecule has 0 saturated heterocycles. The van der Waals surface area contributed by atoms with Crippen molar-refractivity contribution in [1.82, 2.24) is 0 Å². The fraction of sp³-hybridized carbons (Fsp3) is 0.429. The Labute approximate surface area is 130 Å². The van der Waals surface area contributed by atoms with Crippen molar-refractivity contribution in [2.24, 2.45) is 0 Å². The van der Waals surface area contributed by atoms with E-state index in [2.05, 4.69) is 90.1 Å². The van der Waals surface area contributed by atoms with E-state index in [1.165, 1.54) is 22.3 Å². The summed E-state index contributed by atoms with van der Waals surface area (Å²) in [5, 5.41) is 0. The molecule has 0 aliphatic carbocycles. The molecule has 0 bridgehead atoms. The van der Waals surface area contributed by atoms with Gasteiger partial charge in [0, 0.05) is 0 Å². The molecule has 0 spiro atoms. The SMILES string of the molecule is CC(C)(C)c1ccc(Cc2cccc(C(C)(C)C)c2)cc1. The van der Waals surface area contributed by atoms with Gasteiger partial charge < -0.3 is 0 Å². The van der Waals surface area contributed by atoms with Crippen LogP contribution in [-0.2, 0) is 17.3 Å². The Morgan fingerprint density at radius 1 is 0.619 bits per heavy atom. The first-order chi connectivity index (χ1) is 9.66. The zero-order chi connectivity index (χ0) is 15.7. The van der Waals surface area contributed by atoms with E-state index >= 15 is 0 Å². The fourth-order valence-corrected chi connectivity index (χ4v) is 2.51. The predicted molar refractivity (Wildman–Crippen MR) is 93.1 cm³/mol. The summed E-state index contributed by atoms with van der Waals surface area (Å²) in [6, 6.07) is 18.1. The maximum atomic E-state index is 2.34. The molecule has 0 radical (unpaired) electrons. The van der Waals surface area contributed by atoms with Crippen molar-refractivity contribution in [3.05, 3.63) is 70.8 Å². The highest BCUT2D eigenvalue weighted by Gasteiger charge is 2.14. The van der Waals surface area contributed by atoms with Crippen LogP contribution in [0.4, 0.5) is 0 Å². The molecule has 21 heavy (non-hydrogen) atoms. The van der Waals surface area contributed by atoms with E-state index in [1.54, 1.807) is 0 Å². The van der Waals surface area contributed by atoms with Crippen LogP contribution >= 0.6 is 0 Å². The van der Waals surface area contributed by atoms with Crippen LogP contribution in [0.5, 0.6) is 0 Å². The highest BCUT2D eigenvalue weighted by atomic mass is 14.2. The number of hydrogen-bond donors (Lipinski definition) is 0. The molecule has 2 aromatic rings. The van der Waals surface area contributed by atoms with Gasteiger partial charge in [-0.3, -0.25) is 0 Å². The average Bonchev–Trinajstić information content (AvgIpc) is 2.37. The first-order valence-electron chi connectivity index (χ1n) is 7.85. The van der Waals surface area contributed by atoms with Gasteiger partial charge in [-0.2, -0.15) is 0 Å². The molecule has 0 atom stereocenters. The number of rotatable bonds is 2. The monoisotopic (exact) mass is 280 g/mol. The lowest BCUT2D eigenvalue weighted by Crippen LogP contribution is -2.11. The molecule has 2 aromatic carbocycles. The molecule has 0 N–H and O–H groups in total. The van der Waals surface area contributed by atoms with E-state index in [4.69, 9.17) is 0 Å². The Bertz CT molecular complexity index is 589. The highest BCUT2D eigenvalue weighted by molar-refractivity contribution is 5.34. The zero-order valence-electron chi connectivity index (χ0n) is 14.3. The summed E-state index contributed by atoms with van der Waals surface area (Å²) in [7, 11) is 0. The normalized spacial score (nSPS) is 12.5. The Balaban J connectivity index is 2.19. The maximum Gasteiger partial charge on any atom is -0.00257 e. The number of hydrogen-bond acceptors (Lipinski definition) is 0. The minimum atomic E-state index is 0.214. The lowest BCUT2D eigenvalue weighted by Gasteiger charge is -2.20. The second kappa shape index (κ2) is 5.67. The molecule has 0 unspecified atom stereocenters. The van der Waals surface area contributed by atoms with Crippen LogP contribution in [0.2, 0.25) is 0 Å². The Morgan fingerprint density at radius 2 is 1.19 bits per heavy atom. The van der Waals surface area contributed by atoms with Crippen molar-refractivity contribution in [1.29, 1.82) is 0 Å². The topological polar surface area (TPSA) is 0 Å². The van der Waals surface area contributed by atoms with Gasteiger partial charge in [-0.15, -0.1) is 0 Å². The minimum Gasteiger partial charge on any atom is -0.0617 e. The lowest BCUT2D eigenvalue weighted by atomic mass is 9.85. The molecule has 0 aliphatic rings. The third kappa shape index (κ3) is 4.20. The van der Waals surface area contributed by atoms with E-state index in [9.17, 15) is 0 Å². The molecule has 0 heterocycles. The molecule has 2 rings (SSSR count). The first-order valence-corrected chi connectivity index (χ1v) is 7.85. The van der Waals surface area contributed by atoms with Gasteiger partial charge in [0.05, 0.1) is 0 Å². The van der Waals surface area contributed by atoms with E-state index in [1.807, 2.05) is 0 Å². The Morgan fingerprint density at radius 3 is 1.71 bits per heavy atom. The fourth-order valence-electron chi connectivity index (χ4n) is 2.51. The van der Waals surface area contributed by atoms with Crippen LogP contribution in [0.25, 0.3) is 0 Å². The standard InChI is InChI=1S/C21H28/c1-20(2,3)18-12-10-16(11-13-18)14-17-8-7-9-19(15-17)21(4,5)6/h7-13,15H,14H2,1-6H3. The summed E-state index contributed by atoms with van der Waals surface area (Å²) in [6.45, 7) is 13.6. The maximum absolute atomic E-state index is 2.34. The van der Waals surface area contributed by atoms with Crippen LogP contribution in [0.15, 0.2) is 48.5 Å². The average molecular weight is 280 g/mol. The van der Waals surface area contributed by atoms with Gasteiger partial charge in [0.25, 0.3) is 0 Å². The third-order valence-corrected chi connectivity index (χ3v) is 4.02. The highest BCUT2D eigenvalue weighted by Crippen LogP contribution is 2.25. The molecular weight excluding hydrogens is 252 g/mol. The van der Waals surface area contributed by atoms with E-state index in [0.29, 0.717) is 0 Å². The molecule has 0 aliphatic heterocycles. The lowest BCUT2D eigenvalue weighted by molar-refractivity contribution is 0.589. The first kappa shape index (κ1) is 15.8. The zero-order valence-corrected chi connectivity index (χ0v) is 14.3. The van der Waals surface area contributed by atoms with Crippen molar-refractivity contribution in [2.45, 2.75) is 58.8 Å². The molecule has 0 fully saturated rings. The molecule has 0 saturated carbocycles. The van der Waals surface area contributed by atoms with E-state index in [-0.39, 0.29) is 10.8 Å². The van der Waals surface area contributed by atoms with Gasteiger partial charge in [-0.05, 0) is 39.5 Å². The van der Waals surface area contributed by atoms with Crippen LogP contribution in [0, 0.1) is 0 Å².